The zero-order valence-corrected chi connectivity index (χ0v) is 10.7. The van der Waals surface area contributed by atoms with E-state index in [1.54, 1.807) is 12.1 Å². The van der Waals surface area contributed by atoms with E-state index in [9.17, 15) is 4.79 Å². The van der Waals surface area contributed by atoms with E-state index in [0.29, 0.717) is 12.0 Å². The van der Waals surface area contributed by atoms with Crippen LogP contribution in [0.4, 0.5) is 5.69 Å². The number of hydrogen-bond donors (Lipinski definition) is 2. The highest BCUT2D eigenvalue weighted by atomic mass is 16.4. The number of unbranched alkanes of at least 4 members (excludes halogenated alkanes) is 1. The van der Waals surface area contributed by atoms with E-state index >= 15 is 0 Å². The molecule has 0 spiro atoms. The number of benzene rings is 1. The second-order valence-electron chi connectivity index (χ2n) is 4.32. The molecular weight excluding hydrogens is 228 g/mol. The predicted octanol–water partition coefficient (Wildman–Crippen LogP) is 2.92. The lowest BCUT2D eigenvalue weighted by Crippen LogP contribution is -2.29. The number of nitriles is 1. The number of nitrogens with one attached hydrogen (secondary N) is 1. The molecule has 0 amide bonds. The molecule has 18 heavy (non-hydrogen) atoms. The number of nitrogens with zero attached hydrogens (tertiary/aromatic N) is 1. The van der Waals surface area contributed by atoms with Crippen LogP contribution in [0.3, 0.4) is 0 Å². The predicted molar refractivity (Wildman–Crippen MR) is 70.5 cm³/mol. The number of aryl methyl sites for hydroxylation is 1. The van der Waals surface area contributed by atoms with Crippen LogP contribution < -0.4 is 5.32 Å². The summed E-state index contributed by atoms with van der Waals surface area (Å²) >= 11 is 0. The smallest absolute Gasteiger partial charge is 0.326 e. The fraction of sp³-hybridized carbons (Fsp3) is 0.429. The van der Waals surface area contributed by atoms with Gasteiger partial charge < -0.3 is 10.4 Å². The minimum absolute atomic E-state index is 0.530. The Bertz CT molecular complexity index is 463. The molecule has 1 aromatic carbocycles. The Balaban J connectivity index is 2.86. The Morgan fingerprint density at radius 1 is 1.56 bits per heavy atom. The molecular formula is C14H18N2O2. The molecule has 0 fully saturated rings. The first-order valence-corrected chi connectivity index (χ1v) is 6.08. The van der Waals surface area contributed by atoms with E-state index < -0.39 is 12.0 Å². The maximum atomic E-state index is 11.1. The van der Waals surface area contributed by atoms with Crippen LogP contribution in [0, 0.1) is 18.3 Å². The molecule has 0 saturated carbocycles. The van der Waals surface area contributed by atoms with Gasteiger partial charge in [-0.15, -0.1) is 0 Å². The molecule has 0 heterocycles. The SMILES string of the molecule is CCCCC(Nc1cc(C#N)ccc1C)C(=O)O. The molecule has 4 heteroatoms. The first-order chi connectivity index (χ1) is 8.58. The topological polar surface area (TPSA) is 73.1 Å². The zero-order chi connectivity index (χ0) is 13.5. The summed E-state index contributed by atoms with van der Waals surface area (Å²) in [6, 6.07) is 6.69. The van der Waals surface area contributed by atoms with Crippen LogP contribution in [0.25, 0.3) is 0 Å². The van der Waals surface area contributed by atoms with Gasteiger partial charge in [-0.05, 0) is 31.0 Å². The van der Waals surface area contributed by atoms with Gasteiger partial charge in [0.25, 0.3) is 0 Å². The normalized spacial score (nSPS) is 11.6. The van der Waals surface area contributed by atoms with Crippen molar-refractivity contribution in [2.75, 3.05) is 5.32 Å². The lowest BCUT2D eigenvalue weighted by atomic mass is 10.1. The summed E-state index contributed by atoms with van der Waals surface area (Å²) in [6.45, 7) is 3.92. The molecule has 0 aliphatic rings. The molecule has 0 aliphatic heterocycles. The van der Waals surface area contributed by atoms with Crippen LogP contribution >= 0.6 is 0 Å². The van der Waals surface area contributed by atoms with Crippen molar-refractivity contribution in [3.63, 3.8) is 0 Å². The van der Waals surface area contributed by atoms with Crippen molar-refractivity contribution in [1.82, 2.24) is 0 Å². The Morgan fingerprint density at radius 2 is 2.28 bits per heavy atom. The largest absolute Gasteiger partial charge is 0.480 e. The Kier molecular flexibility index (Phi) is 5.19. The first kappa shape index (κ1) is 14.0. The molecule has 96 valence electrons. The van der Waals surface area contributed by atoms with Crippen LogP contribution in [-0.2, 0) is 4.79 Å². The maximum absolute atomic E-state index is 11.1. The van der Waals surface area contributed by atoms with Gasteiger partial charge in [-0.1, -0.05) is 25.8 Å². The highest BCUT2D eigenvalue weighted by molar-refractivity contribution is 5.77. The fourth-order valence-electron chi connectivity index (χ4n) is 1.70. The van der Waals surface area contributed by atoms with Gasteiger partial charge in [0, 0.05) is 5.69 Å². The van der Waals surface area contributed by atoms with Crippen molar-refractivity contribution in [3.05, 3.63) is 29.3 Å². The number of carboxylic acids is 1. The van der Waals surface area contributed by atoms with Gasteiger partial charge in [-0.2, -0.15) is 5.26 Å². The molecule has 4 nitrogen and oxygen atoms in total. The molecule has 1 atom stereocenters. The van der Waals surface area contributed by atoms with Crippen molar-refractivity contribution in [3.8, 4) is 6.07 Å². The van der Waals surface area contributed by atoms with Crippen molar-refractivity contribution in [1.29, 1.82) is 5.26 Å². The third kappa shape index (κ3) is 3.77. The minimum atomic E-state index is -0.856. The van der Waals surface area contributed by atoms with Gasteiger partial charge in [0.1, 0.15) is 6.04 Å². The quantitative estimate of drug-likeness (QED) is 0.809. The van der Waals surface area contributed by atoms with E-state index in [2.05, 4.69) is 11.4 Å². The van der Waals surface area contributed by atoms with Gasteiger partial charge in [0.05, 0.1) is 11.6 Å². The molecule has 1 aromatic rings. The number of carboxylic acid groups (broad SMARTS) is 1. The fourth-order valence-corrected chi connectivity index (χ4v) is 1.70. The standard InChI is InChI=1S/C14H18N2O2/c1-3-4-5-12(14(17)18)16-13-8-11(9-15)7-6-10(13)2/h6-8,12,16H,3-5H2,1-2H3,(H,17,18). The molecule has 2 N–H and O–H groups in total. The van der Waals surface area contributed by atoms with Gasteiger partial charge in [-0.25, -0.2) is 4.79 Å². The van der Waals surface area contributed by atoms with Crippen LogP contribution in [0.1, 0.15) is 37.3 Å². The van der Waals surface area contributed by atoms with Crippen molar-refractivity contribution >= 4 is 11.7 Å². The molecule has 0 radical (unpaired) electrons. The van der Waals surface area contributed by atoms with Crippen molar-refractivity contribution in [2.45, 2.75) is 39.2 Å². The van der Waals surface area contributed by atoms with Gasteiger partial charge in [-0.3, -0.25) is 0 Å². The van der Waals surface area contributed by atoms with Gasteiger partial charge in [0.2, 0.25) is 0 Å². The number of anilines is 1. The van der Waals surface area contributed by atoms with Gasteiger partial charge >= 0.3 is 5.97 Å². The average molecular weight is 246 g/mol. The van der Waals surface area contributed by atoms with Crippen LogP contribution in [0.15, 0.2) is 18.2 Å². The van der Waals surface area contributed by atoms with Crippen molar-refractivity contribution < 1.29 is 9.90 Å². The third-order valence-corrected chi connectivity index (χ3v) is 2.84. The van der Waals surface area contributed by atoms with Crippen LogP contribution in [0.2, 0.25) is 0 Å². The monoisotopic (exact) mass is 246 g/mol. The second kappa shape index (κ2) is 6.65. The van der Waals surface area contributed by atoms with E-state index in [-0.39, 0.29) is 0 Å². The van der Waals surface area contributed by atoms with E-state index in [4.69, 9.17) is 10.4 Å². The maximum Gasteiger partial charge on any atom is 0.326 e. The molecule has 1 unspecified atom stereocenters. The summed E-state index contributed by atoms with van der Waals surface area (Å²) in [6.07, 6.45) is 2.41. The minimum Gasteiger partial charge on any atom is -0.480 e. The third-order valence-electron chi connectivity index (χ3n) is 2.84. The summed E-state index contributed by atoms with van der Waals surface area (Å²) in [5.74, 6) is -0.856. The highest BCUT2D eigenvalue weighted by Gasteiger charge is 2.17. The summed E-state index contributed by atoms with van der Waals surface area (Å²) in [5.41, 5.74) is 2.19. The summed E-state index contributed by atoms with van der Waals surface area (Å²) < 4.78 is 0. The molecule has 1 rings (SSSR count). The average Bonchev–Trinajstić information content (AvgIpc) is 2.36. The van der Waals surface area contributed by atoms with E-state index in [0.717, 1.165) is 24.1 Å². The lowest BCUT2D eigenvalue weighted by Gasteiger charge is -2.17. The van der Waals surface area contributed by atoms with E-state index in [1.165, 1.54) is 0 Å². The number of carbonyl (C=O) groups is 1. The lowest BCUT2D eigenvalue weighted by molar-refractivity contribution is -0.138. The number of aliphatic carboxylic acids is 1. The highest BCUT2D eigenvalue weighted by Crippen LogP contribution is 2.19. The first-order valence-electron chi connectivity index (χ1n) is 6.08. The van der Waals surface area contributed by atoms with E-state index in [1.807, 2.05) is 19.9 Å². The Hall–Kier alpha value is -2.02. The molecule has 0 aliphatic carbocycles. The van der Waals surface area contributed by atoms with Gasteiger partial charge in [0.15, 0.2) is 0 Å². The summed E-state index contributed by atoms with van der Waals surface area (Å²) in [4.78, 5) is 11.1. The summed E-state index contributed by atoms with van der Waals surface area (Å²) in [5, 5.41) is 21.0. The Labute approximate surface area is 107 Å². The zero-order valence-electron chi connectivity index (χ0n) is 10.7. The summed E-state index contributed by atoms with van der Waals surface area (Å²) in [7, 11) is 0. The van der Waals surface area contributed by atoms with Crippen LogP contribution in [-0.4, -0.2) is 17.1 Å². The number of hydrogen-bond acceptors (Lipinski definition) is 3. The van der Waals surface area contributed by atoms with Crippen molar-refractivity contribution in [2.24, 2.45) is 0 Å². The number of rotatable bonds is 6. The van der Waals surface area contributed by atoms with Crippen LogP contribution in [0.5, 0.6) is 0 Å². The molecule has 0 saturated heterocycles. The second-order valence-corrected chi connectivity index (χ2v) is 4.32. The molecule has 0 aromatic heterocycles. The Morgan fingerprint density at radius 3 is 2.83 bits per heavy atom. The molecule has 0 bridgehead atoms.